The van der Waals surface area contributed by atoms with Gasteiger partial charge in [0.05, 0.1) is 23.5 Å². The SMILES string of the molecule is CSc1ccc([C@@H](c2nnnn2-c2c(C)cccc2C)N2CCN(C/C=C/c3ccccc3)CC2)cc1.CSc1ccc([C@H](c2nnnn2-c2c(C)cccc2C)N2CCN(C/C=C/c3ccccc3)CC2)cc1. The highest BCUT2D eigenvalue weighted by Gasteiger charge is 2.33. The number of thioether (sulfide) groups is 2. The van der Waals surface area contributed by atoms with Gasteiger partial charge in [-0.15, -0.1) is 33.7 Å². The van der Waals surface area contributed by atoms with Gasteiger partial charge in [-0.05, 0) is 130 Å². The number of hydrogen-bond acceptors (Lipinski definition) is 12. The summed E-state index contributed by atoms with van der Waals surface area (Å²) < 4.78 is 3.90. The lowest BCUT2D eigenvalue weighted by Gasteiger charge is -2.38. The highest BCUT2D eigenvalue weighted by Crippen LogP contribution is 2.34. The van der Waals surface area contributed by atoms with Gasteiger partial charge >= 0.3 is 0 Å². The monoisotopic (exact) mass is 1020 g/mol. The van der Waals surface area contributed by atoms with Crippen LogP contribution in [-0.2, 0) is 0 Å². The van der Waals surface area contributed by atoms with Gasteiger partial charge in [0, 0.05) is 75.2 Å². The molecule has 380 valence electrons. The van der Waals surface area contributed by atoms with Crippen molar-refractivity contribution in [2.75, 3.05) is 78.0 Å². The molecule has 74 heavy (non-hydrogen) atoms. The number of benzene rings is 6. The summed E-state index contributed by atoms with van der Waals surface area (Å²) in [7, 11) is 0. The number of nitrogens with zero attached hydrogens (tertiary/aromatic N) is 12. The molecule has 0 saturated carbocycles. The second-order valence-electron chi connectivity index (χ2n) is 19.0. The Morgan fingerprint density at radius 2 is 0.784 bits per heavy atom. The van der Waals surface area contributed by atoms with Gasteiger partial charge in [-0.25, -0.2) is 0 Å². The summed E-state index contributed by atoms with van der Waals surface area (Å²) in [4.78, 5) is 12.6. The van der Waals surface area contributed by atoms with Crippen molar-refractivity contribution in [1.82, 2.24) is 60.0 Å². The summed E-state index contributed by atoms with van der Waals surface area (Å²) in [6.07, 6.45) is 13.2. The lowest BCUT2D eigenvalue weighted by atomic mass is 10.0. The van der Waals surface area contributed by atoms with Crippen molar-refractivity contribution < 1.29 is 0 Å². The molecule has 0 bridgehead atoms. The fraction of sp³-hybridized carbons (Fsp3) is 0.300. The molecule has 6 aromatic carbocycles. The molecule has 0 spiro atoms. The van der Waals surface area contributed by atoms with Crippen LogP contribution < -0.4 is 0 Å². The normalized spacial score (nSPS) is 15.9. The molecule has 0 aliphatic carbocycles. The molecule has 2 aliphatic heterocycles. The van der Waals surface area contributed by atoms with Gasteiger partial charge < -0.3 is 0 Å². The predicted molar refractivity (Wildman–Crippen MR) is 304 cm³/mol. The fourth-order valence-corrected chi connectivity index (χ4v) is 11.0. The average molecular weight is 1020 g/mol. The molecule has 2 atom stereocenters. The second kappa shape index (κ2) is 25.6. The van der Waals surface area contributed by atoms with Gasteiger partial charge in [-0.3, -0.25) is 19.6 Å². The van der Waals surface area contributed by atoms with E-state index in [9.17, 15) is 0 Å². The Hall–Kier alpha value is -6.52. The van der Waals surface area contributed by atoms with Crippen molar-refractivity contribution >= 4 is 35.7 Å². The summed E-state index contributed by atoms with van der Waals surface area (Å²) in [6, 6.07) is 51.3. The van der Waals surface area contributed by atoms with Crippen molar-refractivity contribution in [3.8, 4) is 11.4 Å². The third-order valence-corrected chi connectivity index (χ3v) is 15.6. The first-order valence-corrected chi connectivity index (χ1v) is 28.1. The minimum absolute atomic E-state index is 0.0214. The van der Waals surface area contributed by atoms with Crippen LogP contribution in [-0.4, -0.2) is 138 Å². The number of piperazine rings is 2. The Morgan fingerprint density at radius 3 is 1.12 bits per heavy atom. The molecule has 2 aromatic heterocycles. The Morgan fingerprint density at radius 1 is 0.432 bits per heavy atom. The van der Waals surface area contributed by atoms with Gasteiger partial charge in [-0.1, -0.05) is 146 Å². The van der Waals surface area contributed by atoms with Crippen LogP contribution in [0.5, 0.6) is 0 Å². The third kappa shape index (κ3) is 12.9. The van der Waals surface area contributed by atoms with Crippen LogP contribution in [0.25, 0.3) is 23.5 Å². The van der Waals surface area contributed by atoms with Crippen LogP contribution in [0.2, 0.25) is 0 Å². The van der Waals surface area contributed by atoms with E-state index in [1.54, 1.807) is 23.5 Å². The Kier molecular flexibility index (Phi) is 18.1. The molecular formula is C60H68N12S2. The molecule has 2 fully saturated rings. The van der Waals surface area contributed by atoms with E-state index in [0.717, 1.165) is 88.5 Å². The minimum Gasteiger partial charge on any atom is -0.297 e. The zero-order valence-electron chi connectivity index (χ0n) is 43.6. The molecule has 4 heterocycles. The quantitative estimate of drug-likeness (QED) is 0.0862. The van der Waals surface area contributed by atoms with Crippen molar-refractivity contribution in [1.29, 1.82) is 0 Å². The number of aryl methyl sites for hydroxylation is 4. The molecule has 0 N–H and O–H groups in total. The summed E-state index contributed by atoms with van der Waals surface area (Å²) >= 11 is 3.52. The molecule has 0 amide bonds. The molecule has 14 heteroatoms. The lowest BCUT2D eigenvalue weighted by Crippen LogP contribution is -2.48. The van der Waals surface area contributed by atoms with Crippen molar-refractivity contribution in [3.63, 3.8) is 0 Å². The van der Waals surface area contributed by atoms with Crippen LogP contribution in [0.3, 0.4) is 0 Å². The van der Waals surface area contributed by atoms with Crippen LogP contribution in [0.1, 0.15) is 68.2 Å². The number of hydrogen-bond donors (Lipinski definition) is 0. The van der Waals surface area contributed by atoms with Crippen molar-refractivity contribution in [3.05, 3.63) is 214 Å². The maximum Gasteiger partial charge on any atom is 0.178 e. The highest BCUT2D eigenvalue weighted by molar-refractivity contribution is 7.98. The second-order valence-corrected chi connectivity index (χ2v) is 20.8. The molecule has 2 saturated heterocycles. The molecule has 0 unspecified atom stereocenters. The number of rotatable bonds is 16. The molecule has 0 radical (unpaired) electrons. The van der Waals surface area contributed by atoms with E-state index in [4.69, 9.17) is 0 Å². The number of aromatic nitrogens is 8. The van der Waals surface area contributed by atoms with Gasteiger partial charge in [0.1, 0.15) is 0 Å². The molecule has 10 rings (SSSR count). The molecule has 12 nitrogen and oxygen atoms in total. The first kappa shape index (κ1) is 52.3. The largest absolute Gasteiger partial charge is 0.297 e. The third-order valence-electron chi connectivity index (χ3n) is 14.1. The van der Waals surface area contributed by atoms with E-state index >= 15 is 0 Å². The summed E-state index contributed by atoms with van der Waals surface area (Å²) in [5, 5.41) is 26.5. The zero-order chi connectivity index (χ0) is 51.2. The first-order chi connectivity index (χ1) is 36.3. The van der Waals surface area contributed by atoms with E-state index in [1.165, 1.54) is 54.3 Å². The van der Waals surface area contributed by atoms with E-state index < -0.39 is 0 Å². The Bertz CT molecular complexity index is 2820. The number of tetrazole rings is 2. The zero-order valence-corrected chi connectivity index (χ0v) is 45.2. The summed E-state index contributed by atoms with van der Waals surface area (Å²) in [5.74, 6) is 1.73. The lowest BCUT2D eigenvalue weighted by molar-refractivity contribution is 0.113. The van der Waals surface area contributed by atoms with E-state index in [1.807, 2.05) is 9.36 Å². The van der Waals surface area contributed by atoms with Crippen LogP contribution >= 0.6 is 23.5 Å². The van der Waals surface area contributed by atoms with E-state index in [0.29, 0.717) is 0 Å². The Labute approximate surface area is 446 Å². The van der Waals surface area contributed by atoms with Gasteiger partial charge in [0.25, 0.3) is 0 Å². The maximum atomic E-state index is 4.60. The topological polar surface area (TPSA) is 100 Å². The van der Waals surface area contributed by atoms with E-state index in [2.05, 4.69) is 261 Å². The van der Waals surface area contributed by atoms with Gasteiger partial charge in [0.2, 0.25) is 0 Å². The maximum absolute atomic E-state index is 4.60. The van der Waals surface area contributed by atoms with E-state index in [-0.39, 0.29) is 12.1 Å². The molecule has 2 aliphatic rings. The standard InChI is InChI=1S/2C30H34N6S/c2*1-23-9-7-10-24(2)28(23)36-30(31-32-33-36)29(26-14-16-27(37-3)17-15-26)35-21-19-34(20-22-35)18-8-13-25-11-5-4-6-12-25/h2*4-17,29H,18-22H2,1-3H3/b2*13-8+/t2*29-/m10/s1. The highest BCUT2D eigenvalue weighted by atomic mass is 32.2. The van der Waals surface area contributed by atoms with Crippen molar-refractivity contribution in [2.45, 2.75) is 49.6 Å². The average Bonchev–Trinajstić information content (AvgIpc) is 4.11. The summed E-state index contributed by atoms with van der Waals surface area (Å²) in [6.45, 7) is 18.2. The first-order valence-electron chi connectivity index (χ1n) is 25.6. The fourth-order valence-electron chi connectivity index (χ4n) is 10.2. The van der Waals surface area contributed by atoms with Crippen LogP contribution in [0.4, 0.5) is 0 Å². The smallest absolute Gasteiger partial charge is 0.178 e. The Balaban J connectivity index is 0.000000182. The minimum atomic E-state index is -0.0214. The van der Waals surface area contributed by atoms with Gasteiger partial charge in [-0.2, -0.15) is 9.36 Å². The van der Waals surface area contributed by atoms with Crippen LogP contribution in [0.15, 0.2) is 168 Å². The predicted octanol–water partition coefficient (Wildman–Crippen LogP) is 10.8. The molecule has 8 aromatic rings. The van der Waals surface area contributed by atoms with Crippen molar-refractivity contribution in [2.24, 2.45) is 0 Å². The molecular weight excluding hydrogens is 953 g/mol. The van der Waals surface area contributed by atoms with Crippen LogP contribution in [0, 0.1) is 27.7 Å². The number of para-hydroxylation sites is 2. The van der Waals surface area contributed by atoms with Gasteiger partial charge in [0.15, 0.2) is 11.6 Å². The summed E-state index contributed by atoms with van der Waals surface area (Å²) in [5.41, 5.74) is 11.7.